The van der Waals surface area contributed by atoms with E-state index in [0.717, 1.165) is 24.3 Å². The van der Waals surface area contributed by atoms with E-state index in [-0.39, 0.29) is 5.97 Å². The highest BCUT2D eigenvalue weighted by molar-refractivity contribution is 5.69. The second-order valence-corrected chi connectivity index (χ2v) is 4.36. The summed E-state index contributed by atoms with van der Waals surface area (Å²) in [5.41, 5.74) is 2.11. The molecule has 0 fully saturated rings. The smallest absolute Gasteiger partial charge is 0.305 e. The molecule has 1 heterocycles. The zero-order valence-electron chi connectivity index (χ0n) is 11.0. The lowest BCUT2D eigenvalue weighted by atomic mass is 10.1. The molecule has 1 aromatic rings. The van der Waals surface area contributed by atoms with Crippen molar-refractivity contribution in [2.24, 2.45) is 7.05 Å². The number of carbonyl (C=O) groups excluding carboxylic acids is 1. The molecular formula is C12H21N3O2. The first-order valence-electron chi connectivity index (χ1n) is 5.88. The van der Waals surface area contributed by atoms with Crippen LogP contribution in [0.5, 0.6) is 0 Å². The summed E-state index contributed by atoms with van der Waals surface area (Å²) in [6.07, 6.45) is 3.17. The van der Waals surface area contributed by atoms with Gasteiger partial charge in [0.1, 0.15) is 0 Å². The van der Waals surface area contributed by atoms with E-state index in [9.17, 15) is 4.79 Å². The Balaban J connectivity index is 2.43. The minimum atomic E-state index is -0.165. The van der Waals surface area contributed by atoms with Crippen LogP contribution in [-0.2, 0) is 16.6 Å². The van der Waals surface area contributed by atoms with Gasteiger partial charge in [-0.15, -0.1) is 0 Å². The first-order chi connectivity index (χ1) is 8.04. The summed E-state index contributed by atoms with van der Waals surface area (Å²) in [6, 6.07) is 0. The van der Waals surface area contributed by atoms with Crippen molar-refractivity contribution in [3.63, 3.8) is 0 Å². The fraction of sp³-hybridized carbons (Fsp3) is 0.667. The third kappa shape index (κ3) is 4.09. The molecule has 0 amide bonds. The summed E-state index contributed by atoms with van der Waals surface area (Å²) < 4.78 is 6.39. The van der Waals surface area contributed by atoms with Crippen LogP contribution in [0.15, 0.2) is 6.20 Å². The van der Waals surface area contributed by atoms with Crippen LogP contribution in [-0.4, -0.2) is 29.4 Å². The molecule has 0 spiro atoms. The van der Waals surface area contributed by atoms with Gasteiger partial charge < -0.3 is 10.1 Å². The number of esters is 1. The number of ether oxygens (including phenoxy) is 1. The molecule has 0 saturated carbocycles. The molecule has 0 aliphatic heterocycles. The SMILES string of the molecule is COC(=O)CCCNc1cn(C)nc1C(C)C. The Bertz CT molecular complexity index is 372. The summed E-state index contributed by atoms with van der Waals surface area (Å²) in [7, 11) is 3.32. The van der Waals surface area contributed by atoms with Gasteiger partial charge >= 0.3 is 5.97 Å². The number of rotatable bonds is 6. The summed E-state index contributed by atoms with van der Waals surface area (Å²) >= 11 is 0. The number of hydrogen-bond donors (Lipinski definition) is 1. The van der Waals surface area contributed by atoms with E-state index in [1.807, 2.05) is 13.2 Å². The summed E-state index contributed by atoms with van der Waals surface area (Å²) in [5.74, 6) is 0.223. The van der Waals surface area contributed by atoms with Crippen LogP contribution in [0.3, 0.4) is 0 Å². The molecule has 1 rings (SSSR count). The van der Waals surface area contributed by atoms with Crippen LogP contribution in [0.25, 0.3) is 0 Å². The van der Waals surface area contributed by atoms with Crippen LogP contribution in [0, 0.1) is 0 Å². The molecule has 0 saturated heterocycles. The van der Waals surface area contributed by atoms with E-state index in [1.165, 1.54) is 7.11 Å². The van der Waals surface area contributed by atoms with E-state index >= 15 is 0 Å². The van der Waals surface area contributed by atoms with Gasteiger partial charge in [0.15, 0.2) is 0 Å². The Morgan fingerprint density at radius 3 is 2.88 bits per heavy atom. The van der Waals surface area contributed by atoms with Crippen molar-refractivity contribution in [3.05, 3.63) is 11.9 Å². The molecule has 0 unspecified atom stereocenters. The number of nitrogens with one attached hydrogen (secondary N) is 1. The molecule has 0 radical (unpaired) electrons. The highest BCUT2D eigenvalue weighted by atomic mass is 16.5. The van der Waals surface area contributed by atoms with E-state index in [4.69, 9.17) is 0 Å². The molecular weight excluding hydrogens is 218 g/mol. The monoisotopic (exact) mass is 239 g/mol. The van der Waals surface area contributed by atoms with Crippen molar-refractivity contribution >= 4 is 11.7 Å². The number of carbonyl (C=O) groups is 1. The van der Waals surface area contributed by atoms with Gasteiger partial charge in [-0.1, -0.05) is 13.8 Å². The van der Waals surface area contributed by atoms with Crippen molar-refractivity contribution in [1.82, 2.24) is 9.78 Å². The van der Waals surface area contributed by atoms with Crippen LogP contribution in [0.4, 0.5) is 5.69 Å². The minimum Gasteiger partial charge on any atom is -0.469 e. The number of anilines is 1. The first kappa shape index (κ1) is 13.5. The number of aryl methyl sites for hydroxylation is 1. The van der Waals surface area contributed by atoms with Crippen molar-refractivity contribution in [1.29, 1.82) is 0 Å². The predicted molar refractivity (Wildman–Crippen MR) is 67.0 cm³/mol. The second-order valence-electron chi connectivity index (χ2n) is 4.36. The van der Waals surface area contributed by atoms with Gasteiger partial charge in [0.2, 0.25) is 0 Å². The van der Waals surface area contributed by atoms with Crippen LogP contribution >= 0.6 is 0 Å². The summed E-state index contributed by atoms with van der Waals surface area (Å²) in [5, 5.41) is 7.71. The lowest BCUT2D eigenvalue weighted by Crippen LogP contribution is -2.07. The number of methoxy groups -OCH3 is 1. The van der Waals surface area contributed by atoms with E-state index < -0.39 is 0 Å². The van der Waals surface area contributed by atoms with Crippen LogP contribution < -0.4 is 5.32 Å². The Kier molecular flexibility index (Phi) is 5.00. The average Bonchev–Trinajstić information content (AvgIpc) is 2.65. The summed E-state index contributed by atoms with van der Waals surface area (Å²) in [6.45, 7) is 4.98. The number of aromatic nitrogens is 2. The van der Waals surface area contributed by atoms with Gasteiger partial charge in [0, 0.05) is 26.2 Å². The Morgan fingerprint density at radius 1 is 1.59 bits per heavy atom. The third-order valence-electron chi connectivity index (χ3n) is 2.51. The van der Waals surface area contributed by atoms with E-state index in [2.05, 4.69) is 29.0 Å². The zero-order valence-corrected chi connectivity index (χ0v) is 11.0. The van der Waals surface area contributed by atoms with Gasteiger partial charge in [-0.05, 0) is 12.3 Å². The fourth-order valence-electron chi connectivity index (χ4n) is 1.63. The lowest BCUT2D eigenvalue weighted by Gasteiger charge is -2.07. The minimum absolute atomic E-state index is 0.165. The van der Waals surface area contributed by atoms with Crippen molar-refractivity contribution in [3.8, 4) is 0 Å². The third-order valence-corrected chi connectivity index (χ3v) is 2.51. The van der Waals surface area contributed by atoms with Gasteiger partial charge in [-0.25, -0.2) is 0 Å². The van der Waals surface area contributed by atoms with E-state index in [0.29, 0.717) is 12.3 Å². The van der Waals surface area contributed by atoms with Crippen LogP contribution in [0.2, 0.25) is 0 Å². The zero-order chi connectivity index (χ0) is 12.8. The molecule has 1 aromatic heterocycles. The first-order valence-corrected chi connectivity index (χ1v) is 5.88. The van der Waals surface area contributed by atoms with Gasteiger partial charge in [0.25, 0.3) is 0 Å². The molecule has 5 heteroatoms. The molecule has 0 aromatic carbocycles. The molecule has 96 valence electrons. The van der Waals surface area contributed by atoms with Crippen LogP contribution in [0.1, 0.15) is 38.3 Å². The molecule has 5 nitrogen and oxygen atoms in total. The molecule has 17 heavy (non-hydrogen) atoms. The number of nitrogens with zero attached hydrogens (tertiary/aromatic N) is 2. The van der Waals surface area contributed by atoms with Crippen molar-refractivity contribution in [2.45, 2.75) is 32.6 Å². The van der Waals surface area contributed by atoms with Crippen molar-refractivity contribution < 1.29 is 9.53 Å². The molecule has 0 aliphatic rings. The fourth-order valence-corrected chi connectivity index (χ4v) is 1.63. The Labute approximate surface area is 102 Å². The topological polar surface area (TPSA) is 56.1 Å². The maximum absolute atomic E-state index is 10.9. The predicted octanol–water partition coefficient (Wildman–Crippen LogP) is 1.91. The number of hydrogen-bond acceptors (Lipinski definition) is 4. The quantitative estimate of drug-likeness (QED) is 0.608. The Morgan fingerprint density at radius 2 is 2.29 bits per heavy atom. The average molecular weight is 239 g/mol. The van der Waals surface area contributed by atoms with Gasteiger partial charge in [-0.2, -0.15) is 5.10 Å². The maximum atomic E-state index is 10.9. The largest absolute Gasteiger partial charge is 0.469 e. The second kappa shape index (κ2) is 6.27. The van der Waals surface area contributed by atoms with Gasteiger partial charge in [0.05, 0.1) is 18.5 Å². The standard InChI is InChI=1S/C12H21N3O2/c1-9(2)12-10(8-15(3)14-12)13-7-5-6-11(16)17-4/h8-9,13H,5-7H2,1-4H3. The molecule has 0 atom stereocenters. The van der Waals surface area contributed by atoms with E-state index in [1.54, 1.807) is 4.68 Å². The lowest BCUT2D eigenvalue weighted by molar-refractivity contribution is -0.140. The maximum Gasteiger partial charge on any atom is 0.305 e. The molecule has 1 N–H and O–H groups in total. The van der Waals surface area contributed by atoms with Gasteiger partial charge in [-0.3, -0.25) is 9.48 Å². The van der Waals surface area contributed by atoms with Crippen molar-refractivity contribution in [2.75, 3.05) is 19.0 Å². The highest BCUT2D eigenvalue weighted by Gasteiger charge is 2.10. The normalized spacial score (nSPS) is 10.6. The highest BCUT2D eigenvalue weighted by Crippen LogP contribution is 2.21. The molecule has 0 bridgehead atoms. The summed E-state index contributed by atoms with van der Waals surface area (Å²) in [4.78, 5) is 10.9. The molecule has 0 aliphatic carbocycles. The Hall–Kier alpha value is -1.52.